The van der Waals surface area contributed by atoms with Crippen molar-refractivity contribution in [1.29, 1.82) is 0 Å². The molecule has 1 fully saturated rings. The molecule has 3 rings (SSSR count). The van der Waals surface area contributed by atoms with Crippen LogP contribution in [0, 0.1) is 19.8 Å². The van der Waals surface area contributed by atoms with Gasteiger partial charge in [0.1, 0.15) is 5.75 Å². The molecule has 0 bridgehead atoms. The molecule has 1 saturated carbocycles. The number of carbonyl (C=O) groups is 3. The van der Waals surface area contributed by atoms with Gasteiger partial charge in [-0.15, -0.1) is 0 Å². The van der Waals surface area contributed by atoms with Crippen molar-refractivity contribution in [3.63, 3.8) is 0 Å². The first-order chi connectivity index (χ1) is 15.4. The summed E-state index contributed by atoms with van der Waals surface area (Å²) < 4.78 is 50.9. The molecule has 0 saturated heterocycles. The monoisotopic (exact) mass is 463 g/mol. The van der Waals surface area contributed by atoms with Crippen LogP contribution in [0.4, 0.5) is 18.9 Å². The van der Waals surface area contributed by atoms with Crippen LogP contribution in [0.5, 0.6) is 5.75 Å². The number of alkyl halides is 3. The van der Waals surface area contributed by atoms with Crippen molar-refractivity contribution in [3.8, 4) is 5.75 Å². The Bertz CT molecular complexity index is 1090. The number of aryl methyl sites for hydroxylation is 2. The highest BCUT2D eigenvalue weighted by Crippen LogP contribution is 2.49. The molecule has 2 aromatic rings. The Hall–Kier alpha value is -3.36. The average Bonchev–Trinajstić information content (AvgIpc) is 3.47. The number of nitrogens with one attached hydrogen (secondary N) is 1. The van der Waals surface area contributed by atoms with Crippen LogP contribution in [-0.2, 0) is 20.5 Å². The Kier molecular flexibility index (Phi) is 6.81. The molecule has 1 amide bonds. The molecule has 0 aromatic heterocycles. The molecule has 1 aliphatic carbocycles. The highest BCUT2D eigenvalue weighted by Gasteiger charge is 2.46. The minimum absolute atomic E-state index is 0.181. The number of hydrogen-bond acceptors (Lipinski definition) is 5. The van der Waals surface area contributed by atoms with Gasteiger partial charge < -0.3 is 14.8 Å². The summed E-state index contributed by atoms with van der Waals surface area (Å²) in [6.45, 7) is 6.35. The van der Waals surface area contributed by atoms with E-state index in [-0.39, 0.29) is 35.5 Å². The lowest BCUT2D eigenvalue weighted by molar-refractivity contribution is -0.144. The molecule has 6 nitrogen and oxygen atoms in total. The highest BCUT2D eigenvalue weighted by atomic mass is 19.4. The van der Waals surface area contributed by atoms with Gasteiger partial charge in [-0.3, -0.25) is 14.4 Å². The second kappa shape index (κ2) is 9.25. The second-order valence-corrected chi connectivity index (χ2v) is 7.98. The number of ether oxygens (including phenoxy) is 2. The van der Waals surface area contributed by atoms with Gasteiger partial charge in [0, 0.05) is 12.5 Å². The SMILES string of the molecule is CCOC(=O)[C@@H]1C[C@@H]1c1ccc(C(F)(F)F)c(NC(=O)c2c(C)cc(OC(C)=O)cc2C)c1. The summed E-state index contributed by atoms with van der Waals surface area (Å²) in [5.41, 5.74) is 0.216. The normalized spacial score (nSPS) is 17.3. The van der Waals surface area contributed by atoms with Gasteiger partial charge in [-0.05, 0) is 74.1 Å². The van der Waals surface area contributed by atoms with E-state index in [9.17, 15) is 27.6 Å². The van der Waals surface area contributed by atoms with Gasteiger partial charge in [-0.1, -0.05) is 6.07 Å². The summed E-state index contributed by atoms with van der Waals surface area (Å²) in [6.07, 6.45) is -4.21. The quantitative estimate of drug-likeness (QED) is 0.472. The largest absolute Gasteiger partial charge is 0.466 e. The van der Waals surface area contributed by atoms with Gasteiger partial charge in [0.2, 0.25) is 0 Å². The molecular formula is C24H24F3NO5. The van der Waals surface area contributed by atoms with E-state index in [1.54, 1.807) is 20.8 Å². The van der Waals surface area contributed by atoms with Gasteiger partial charge in [-0.2, -0.15) is 13.2 Å². The Morgan fingerprint density at radius 3 is 2.27 bits per heavy atom. The Labute approximate surface area is 189 Å². The molecule has 9 heteroatoms. The van der Waals surface area contributed by atoms with Crippen molar-refractivity contribution in [3.05, 3.63) is 58.1 Å². The first kappa shape index (κ1) is 24.3. The molecule has 2 aromatic carbocycles. The first-order valence-corrected chi connectivity index (χ1v) is 10.4. The van der Waals surface area contributed by atoms with Crippen molar-refractivity contribution in [2.45, 2.75) is 46.2 Å². The standard InChI is InChI=1S/C24H24F3NO5/c1-5-32-23(31)18-11-17(18)15-6-7-19(24(25,26)27)20(10-15)28-22(30)21-12(2)8-16(9-13(21)3)33-14(4)29/h6-10,17-18H,5,11H2,1-4H3,(H,28,30)/t17-,18-/m1/s1. The van der Waals surface area contributed by atoms with E-state index >= 15 is 0 Å². The summed E-state index contributed by atoms with van der Waals surface area (Å²) in [4.78, 5) is 36.1. The van der Waals surface area contributed by atoms with Crippen LogP contribution in [0.25, 0.3) is 0 Å². The minimum atomic E-state index is -4.69. The molecule has 0 radical (unpaired) electrons. The van der Waals surface area contributed by atoms with E-state index in [0.717, 1.165) is 6.07 Å². The maximum atomic E-state index is 13.6. The van der Waals surface area contributed by atoms with E-state index in [1.807, 2.05) is 0 Å². The summed E-state index contributed by atoms with van der Waals surface area (Å²) in [5, 5.41) is 2.38. The van der Waals surface area contributed by atoms with Crippen LogP contribution in [0.3, 0.4) is 0 Å². The van der Waals surface area contributed by atoms with Gasteiger partial charge >= 0.3 is 18.1 Å². The van der Waals surface area contributed by atoms with Crippen LogP contribution in [-0.4, -0.2) is 24.5 Å². The van der Waals surface area contributed by atoms with Crippen molar-refractivity contribution >= 4 is 23.5 Å². The van der Waals surface area contributed by atoms with Crippen molar-refractivity contribution < 1.29 is 37.0 Å². The zero-order valence-corrected chi connectivity index (χ0v) is 18.6. The summed E-state index contributed by atoms with van der Waals surface area (Å²) in [5.74, 6) is -2.05. The predicted molar refractivity (Wildman–Crippen MR) is 114 cm³/mol. The second-order valence-electron chi connectivity index (χ2n) is 7.98. The Morgan fingerprint density at radius 2 is 1.73 bits per heavy atom. The van der Waals surface area contributed by atoms with E-state index in [0.29, 0.717) is 23.1 Å². The number of carbonyl (C=O) groups excluding carboxylic acids is 3. The Morgan fingerprint density at radius 1 is 1.09 bits per heavy atom. The number of benzene rings is 2. The third kappa shape index (κ3) is 5.53. The maximum Gasteiger partial charge on any atom is 0.418 e. The first-order valence-electron chi connectivity index (χ1n) is 10.4. The zero-order valence-electron chi connectivity index (χ0n) is 18.6. The van der Waals surface area contributed by atoms with E-state index in [4.69, 9.17) is 9.47 Å². The fourth-order valence-corrected chi connectivity index (χ4v) is 3.91. The molecule has 2 atom stereocenters. The molecule has 176 valence electrons. The zero-order chi connectivity index (χ0) is 24.5. The molecule has 0 unspecified atom stereocenters. The van der Waals surface area contributed by atoms with Gasteiger partial charge in [0.25, 0.3) is 5.91 Å². The van der Waals surface area contributed by atoms with Gasteiger partial charge in [0.05, 0.1) is 23.8 Å². The van der Waals surface area contributed by atoms with Crippen LogP contribution >= 0.6 is 0 Å². The maximum absolute atomic E-state index is 13.6. The predicted octanol–water partition coefficient (Wildman–Crippen LogP) is 5.17. The van der Waals surface area contributed by atoms with E-state index in [2.05, 4.69) is 5.32 Å². The van der Waals surface area contributed by atoms with Crippen LogP contribution in [0.1, 0.15) is 58.8 Å². The molecule has 1 aliphatic rings. The lowest BCUT2D eigenvalue weighted by Gasteiger charge is -2.17. The van der Waals surface area contributed by atoms with E-state index < -0.39 is 29.5 Å². The van der Waals surface area contributed by atoms with Gasteiger partial charge in [-0.25, -0.2) is 0 Å². The van der Waals surface area contributed by atoms with Crippen molar-refractivity contribution in [2.75, 3.05) is 11.9 Å². The van der Waals surface area contributed by atoms with Gasteiger partial charge in [0.15, 0.2) is 0 Å². The summed E-state index contributed by atoms with van der Waals surface area (Å²) >= 11 is 0. The average molecular weight is 463 g/mol. The summed E-state index contributed by atoms with van der Waals surface area (Å²) in [6, 6.07) is 6.45. The molecule has 33 heavy (non-hydrogen) atoms. The Balaban J connectivity index is 1.91. The molecule has 0 aliphatic heterocycles. The third-order valence-electron chi connectivity index (χ3n) is 5.40. The lowest BCUT2D eigenvalue weighted by atomic mass is 10.00. The third-order valence-corrected chi connectivity index (χ3v) is 5.40. The number of anilines is 1. The number of amides is 1. The van der Waals surface area contributed by atoms with Crippen molar-refractivity contribution in [2.24, 2.45) is 5.92 Å². The number of halogens is 3. The van der Waals surface area contributed by atoms with Crippen LogP contribution in [0.2, 0.25) is 0 Å². The van der Waals surface area contributed by atoms with Crippen LogP contribution < -0.4 is 10.1 Å². The van der Waals surface area contributed by atoms with Crippen molar-refractivity contribution in [1.82, 2.24) is 0 Å². The number of esters is 2. The lowest BCUT2D eigenvalue weighted by Crippen LogP contribution is -2.19. The molecule has 1 N–H and O–H groups in total. The highest BCUT2D eigenvalue weighted by molar-refractivity contribution is 6.07. The van der Waals surface area contributed by atoms with Crippen LogP contribution in [0.15, 0.2) is 30.3 Å². The minimum Gasteiger partial charge on any atom is -0.466 e. The fourth-order valence-electron chi connectivity index (χ4n) is 3.91. The number of hydrogen-bond donors (Lipinski definition) is 1. The summed E-state index contributed by atoms with van der Waals surface area (Å²) in [7, 11) is 0. The van der Waals surface area contributed by atoms with E-state index in [1.165, 1.54) is 31.2 Å². The molecular weight excluding hydrogens is 439 g/mol. The smallest absolute Gasteiger partial charge is 0.418 e. The fraction of sp³-hybridized carbons (Fsp3) is 0.375. The molecule has 0 heterocycles. The topological polar surface area (TPSA) is 81.7 Å². The number of rotatable bonds is 6. The molecule has 0 spiro atoms.